The average molecular weight is 249 g/mol. The minimum atomic E-state index is -0.472. The number of fused-ring (bicyclic) bond motifs is 1. The van der Waals surface area contributed by atoms with Crippen molar-refractivity contribution in [3.05, 3.63) is 36.2 Å². The maximum absolute atomic E-state index is 11.9. The Hall–Kier alpha value is -1.88. The second-order valence-corrected chi connectivity index (χ2v) is 4.22. The Morgan fingerprint density at radius 3 is 2.89 bits per heavy atom. The molecule has 0 spiro atoms. The minimum Gasteiger partial charge on any atom is -0.292 e. The lowest BCUT2D eigenvalue weighted by molar-refractivity contribution is -0.777. The summed E-state index contributed by atoms with van der Waals surface area (Å²) >= 11 is 0. The van der Waals surface area contributed by atoms with E-state index in [0.29, 0.717) is 12.2 Å². The standard InChI is InChI=1S/C13H17N2O3/c1-4-17-18-13(16)11-9-15(10(2)3)14-8-6-5-7-12(11)14/h5-10H,4H2,1-3H3/q+1. The lowest BCUT2D eigenvalue weighted by atomic mass is 10.3. The van der Waals surface area contributed by atoms with E-state index in [0.717, 1.165) is 5.52 Å². The number of hydrogen-bond donors (Lipinski definition) is 0. The van der Waals surface area contributed by atoms with Gasteiger partial charge in [0, 0.05) is 0 Å². The lowest BCUT2D eigenvalue weighted by Crippen LogP contribution is -2.41. The highest BCUT2D eigenvalue weighted by atomic mass is 17.2. The van der Waals surface area contributed by atoms with Crippen molar-refractivity contribution < 1.29 is 19.3 Å². The number of nitrogens with zero attached hydrogens (tertiary/aromatic N) is 2. The van der Waals surface area contributed by atoms with Gasteiger partial charge >= 0.3 is 5.97 Å². The third kappa shape index (κ3) is 2.22. The maximum atomic E-state index is 11.9. The van der Waals surface area contributed by atoms with Crippen molar-refractivity contribution >= 4 is 11.5 Å². The first kappa shape index (κ1) is 12.6. The highest BCUT2D eigenvalue weighted by Crippen LogP contribution is 2.12. The predicted molar refractivity (Wildman–Crippen MR) is 65.0 cm³/mol. The summed E-state index contributed by atoms with van der Waals surface area (Å²) in [6.45, 7) is 6.20. The van der Waals surface area contributed by atoms with Gasteiger partial charge in [-0.1, -0.05) is 6.07 Å². The van der Waals surface area contributed by atoms with Crippen LogP contribution in [0.25, 0.3) is 5.52 Å². The number of aromatic nitrogens is 2. The Kier molecular flexibility index (Phi) is 3.62. The SMILES string of the molecule is CCOOC(=O)c1c[n+](C(C)C)n2ccccc12. The molecule has 2 heterocycles. The van der Waals surface area contributed by atoms with E-state index in [2.05, 4.69) is 13.8 Å². The van der Waals surface area contributed by atoms with Crippen LogP contribution in [0, 0.1) is 0 Å². The molecule has 0 radical (unpaired) electrons. The van der Waals surface area contributed by atoms with Crippen LogP contribution in [0.1, 0.15) is 37.2 Å². The molecule has 0 atom stereocenters. The first-order valence-electron chi connectivity index (χ1n) is 6.00. The van der Waals surface area contributed by atoms with Crippen molar-refractivity contribution in [3.63, 3.8) is 0 Å². The summed E-state index contributed by atoms with van der Waals surface area (Å²) in [7, 11) is 0. The van der Waals surface area contributed by atoms with Gasteiger partial charge in [-0.2, -0.15) is 4.89 Å². The van der Waals surface area contributed by atoms with Crippen LogP contribution in [0.2, 0.25) is 0 Å². The summed E-state index contributed by atoms with van der Waals surface area (Å²) in [6, 6.07) is 5.93. The van der Waals surface area contributed by atoms with Crippen LogP contribution in [0.5, 0.6) is 0 Å². The molecule has 18 heavy (non-hydrogen) atoms. The van der Waals surface area contributed by atoms with Crippen LogP contribution < -0.4 is 4.68 Å². The highest BCUT2D eigenvalue weighted by Gasteiger charge is 2.24. The zero-order valence-corrected chi connectivity index (χ0v) is 10.8. The summed E-state index contributed by atoms with van der Waals surface area (Å²) in [5.41, 5.74) is 1.30. The van der Waals surface area contributed by atoms with Crippen molar-refractivity contribution in [3.8, 4) is 0 Å². The molecule has 5 nitrogen and oxygen atoms in total. The Morgan fingerprint density at radius 2 is 2.22 bits per heavy atom. The van der Waals surface area contributed by atoms with Gasteiger partial charge in [-0.3, -0.25) is 4.89 Å². The average Bonchev–Trinajstić information content (AvgIpc) is 2.75. The van der Waals surface area contributed by atoms with Gasteiger partial charge in [0.15, 0.2) is 11.6 Å². The van der Waals surface area contributed by atoms with Crippen molar-refractivity contribution in [2.24, 2.45) is 0 Å². The van der Waals surface area contributed by atoms with Gasteiger partial charge in [-0.05, 0) is 32.9 Å². The van der Waals surface area contributed by atoms with E-state index in [1.165, 1.54) is 0 Å². The zero-order valence-electron chi connectivity index (χ0n) is 10.8. The molecule has 0 amide bonds. The van der Waals surface area contributed by atoms with E-state index in [1.807, 2.05) is 33.6 Å². The lowest BCUT2D eigenvalue weighted by Gasteiger charge is -1.98. The van der Waals surface area contributed by atoms with E-state index in [4.69, 9.17) is 9.78 Å². The van der Waals surface area contributed by atoms with Crippen LogP contribution in [0.15, 0.2) is 30.6 Å². The first-order valence-corrected chi connectivity index (χ1v) is 6.00. The van der Waals surface area contributed by atoms with E-state index in [-0.39, 0.29) is 6.04 Å². The van der Waals surface area contributed by atoms with Crippen molar-refractivity contribution in [1.82, 2.24) is 4.52 Å². The summed E-state index contributed by atoms with van der Waals surface area (Å²) in [4.78, 5) is 21.3. The molecular formula is C13H17N2O3+. The predicted octanol–water partition coefficient (Wildman–Crippen LogP) is 1.92. The van der Waals surface area contributed by atoms with Gasteiger partial charge in [-0.25, -0.2) is 4.79 Å². The Bertz CT molecular complexity index is 560. The van der Waals surface area contributed by atoms with Gasteiger partial charge in [0.25, 0.3) is 0 Å². The van der Waals surface area contributed by atoms with Gasteiger partial charge in [0.05, 0.1) is 12.8 Å². The van der Waals surface area contributed by atoms with Crippen molar-refractivity contribution in [1.29, 1.82) is 0 Å². The van der Waals surface area contributed by atoms with Crippen LogP contribution in [0.4, 0.5) is 0 Å². The molecule has 0 saturated carbocycles. The Balaban J connectivity index is 2.48. The highest BCUT2D eigenvalue weighted by molar-refractivity contribution is 5.95. The third-order valence-corrected chi connectivity index (χ3v) is 2.63. The van der Waals surface area contributed by atoms with Crippen LogP contribution in [-0.2, 0) is 9.78 Å². The van der Waals surface area contributed by atoms with Gasteiger partial charge < -0.3 is 0 Å². The van der Waals surface area contributed by atoms with Crippen LogP contribution in [0.3, 0.4) is 0 Å². The maximum Gasteiger partial charge on any atom is 0.381 e. The van der Waals surface area contributed by atoms with Crippen LogP contribution >= 0.6 is 0 Å². The Labute approximate surface area is 105 Å². The Morgan fingerprint density at radius 1 is 1.44 bits per heavy atom. The zero-order chi connectivity index (χ0) is 13.1. The van der Waals surface area contributed by atoms with Gasteiger partial charge in [-0.15, -0.1) is 9.20 Å². The third-order valence-electron chi connectivity index (χ3n) is 2.63. The van der Waals surface area contributed by atoms with E-state index in [9.17, 15) is 4.79 Å². The van der Waals surface area contributed by atoms with E-state index < -0.39 is 5.97 Å². The number of carbonyl (C=O) groups is 1. The number of hydrogen-bond acceptors (Lipinski definition) is 3. The smallest absolute Gasteiger partial charge is 0.292 e. The molecule has 0 aliphatic heterocycles. The molecule has 2 aromatic heterocycles. The van der Waals surface area contributed by atoms with Gasteiger partial charge in [0.1, 0.15) is 5.52 Å². The molecule has 0 aliphatic carbocycles. The quantitative estimate of drug-likeness (QED) is 0.472. The minimum absolute atomic E-state index is 0.244. The fourth-order valence-corrected chi connectivity index (χ4v) is 1.82. The molecule has 0 N–H and O–H groups in total. The number of pyridine rings is 1. The van der Waals surface area contributed by atoms with Gasteiger partial charge in [0.2, 0.25) is 6.20 Å². The molecule has 0 unspecified atom stereocenters. The molecule has 0 bridgehead atoms. The second-order valence-electron chi connectivity index (χ2n) is 4.22. The molecule has 0 saturated heterocycles. The normalized spacial score (nSPS) is 11.1. The monoisotopic (exact) mass is 249 g/mol. The molecule has 0 aromatic carbocycles. The fraction of sp³-hybridized carbons (Fsp3) is 0.385. The van der Waals surface area contributed by atoms with Crippen molar-refractivity contribution in [2.45, 2.75) is 26.8 Å². The molecule has 0 aliphatic rings. The summed E-state index contributed by atoms with van der Waals surface area (Å²) in [5.74, 6) is -0.472. The number of rotatable bonds is 4. The second kappa shape index (κ2) is 5.18. The summed E-state index contributed by atoms with van der Waals surface area (Å²) in [5, 5.41) is 0. The largest absolute Gasteiger partial charge is 0.381 e. The molecule has 96 valence electrons. The molecule has 5 heteroatoms. The fourth-order valence-electron chi connectivity index (χ4n) is 1.82. The van der Waals surface area contributed by atoms with Crippen LogP contribution in [-0.4, -0.2) is 17.1 Å². The topological polar surface area (TPSA) is 43.8 Å². The molecule has 2 rings (SSSR count). The van der Waals surface area contributed by atoms with E-state index >= 15 is 0 Å². The van der Waals surface area contributed by atoms with Crippen molar-refractivity contribution in [2.75, 3.05) is 6.61 Å². The summed E-state index contributed by atoms with van der Waals surface area (Å²) in [6.07, 6.45) is 3.69. The molecular weight excluding hydrogens is 232 g/mol. The molecule has 0 fully saturated rings. The van der Waals surface area contributed by atoms with E-state index in [1.54, 1.807) is 13.1 Å². The molecule has 2 aromatic rings. The summed E-state index contributed by atoms with van der Waals surface area (Å²) < 4.78 is 3.89. The number of carbonyl (C=O) groups excluding carboxylic acids is 1. The first-order chi connectivity index (χ1) is 8.65.